The molecule has 0 spiro atoms. The van der Waals surface area contributed by atoms with Gasteiger partial charge in [0.15, 0.2) is 5.76 Å². The SMILES string of the molecule is COc1c(/C=C/C2=C(C#N)C(=C(\C)C#N)/OC2(C)C)cc2c3c1CCCN3CCC2. The van der Waals surface area contributed by atoms with E-state index in [0.29, 0.717) is 16.9 Å². The second-order valence-corrected chi connectivity index (χ2v) is 8.59. The topological polar surface area (TPSA) is 69.3 Å². The minimum absolute atomic E-state index is 0.382. The van der Waals surface area contributed by atoms with E-state index >= 15 is 0 Å². The number of benzene rings is 1. The van der Waals surface area contributed by atoms with E-state index in [1.54, 1.807) is 14.0 Å². The molecule has 30 heavy (non-hydrogen) atoms. The molecule has 0 fully saturated rings. The third-order valence-corrected chi connectivity index (χ3v) is 6.26. The summed E-state index contributed by atoms with van der Waals surface area (Å²) in [6.45, 7) is 7.77. The first-order valence-electron chi connectivity index (χ1n) is 10.5. The van der Waals surface area contributed by atoms with Crippen LogP contribution in [-0.4, -0.2) is 25.8 Å². The third kappa shape index (κ3) is 3.15. The Hall–Kier alpha value is -3.18. The third-order valence-electron chi connectivity index (χ3n) is 6.26. The molecule has 0 N–H and O–H groups in total. The maximum absolute atomic E-state index is 9.76. The fourth-order valence-electron chi connectivity index (χ4n) is 4.89. The van der Waals surface area contributed by atoms with Crippen LogP contribution >= 0.6 is 0 Å². The van der Waals surface area contributed by atoms with Gasteiger partial charge in [0.2, 0.25) is 0 Å². The van der Waals surface area contributed by atoms with Crippen LogP contribution in [0.25, 0.3) is 6.08 Å². The van der Waals surface area contributed by atoms with Gasteiger partial charge in [-0.15, -0.1) is 0 Å². The van der Waals surface area contributed by atoms with E-state index in [9.17, 15) is 10.5 Å². The number of methoxy groups -OCH3 is 1. The summed E-state index contributed by atoms with van der Waals surface area (Å²) in [7, 11) is 1.73. The minimum atomic E-state index is -0.679. The molecule has 0 aromatic heterocycles. The summed E-state index contributed by atoms with van der Waals surface area (Å²) in [5, 5.41) is 19.0. The van der Waals surface area contributed by atoms with Gasteiger partial charge in [-0.1, -0.05) is 12.2 Å². The van der Waals surface area contributed by atoms with Crippen molar-refractivity contribution in [2.45, 2.75) is 52.1 Å². The van der Waals surface area contributed by atoms with Crippen molar-refractivity contribution in [2.75, 3.05) is 25.1 Å². The van der Waals surface area contributed by atoms with Gasteiger partial charge in [0.05, 0.1) is 18.8 Å². The van der Waals surface area contributed by atoms with E-state index in [0.717, 1.165) is 49.2 Å². The maximum Gasteiger partial charge on any atom is 0.152 e. The molecule has 0 radical (unpaired) electrons. The molecule has 0 unspecified atom stereocenters. The molecular formula is C25H27N3O2. The first-order chi connectivity index (χ1) is 14.4. The van der Waals surface area contributed by atoms with Crippen LogP contribution in [0.3, 0.4) is 0 Å². The Morgan fingerprint density at radius 2 is 1.93 bits per heavy atom. The molecule has 154 valence electrons. The second kappa shape index (κ2) is 7.58. The molecule has 3 aliphatic heterocycles. The predicted molar refractivity (Wildman–Crippen MR) is 117 cm³/mol. The number of nitrogens with zero attached hydrogens (tertiary/aromatic N) is 3. The fraction of sp³-hybridized carbons (Fsp3) is 0.440. The lowest BCUT2D eigenvalue weighted by Gasteiger charge is -2.38. The molecule has 1 aromatic carbocycles. The van der Waals surface area contributed by atoms with Gasteiger partial charge in [0.25, 0.3) is 0 Å². The number of allylic oxidation sites excluding steroid dienone is 2. The Bertz CT molecular complexity index is 1080. The number of nitriles is 2. The van der Waals surface area contributed by atoms with Gasteiger partial charge in [-0.3, -0.25) is 0 Å². The number of anilines is 1. The predicted octanol–water partition coefficient (Wildman–Crippen LogP) is 4.83. The summed E-state index contributed by atoms with van der Waals surface area (Å²) in [5.41, 5.74) is 6.04. The molecule has 4 rings (SSSR count). The summed E-state index contributed by atoms with van der Waals surface area (Å²) in [4.78, 5) is 2.50. The lowest BCUT2D eigenvalue weighted by Crippen LogP contribution is -2.34. The Kier molecular flexibility index (Phi) is 5.08. The van der Waals surface area contributed by atoms with E-state index in [-0.39, 0.29) is 0 Å². The second-order valence-electron chi connectivity index (χ2n) is 8.59. The molecule has 3 heterocycles. The van der Waals surface area contributed by atoms with Crippen LogP contribution in [0.2, 0.25) is 0 Å². The Morgan fingerprint density at radius 3 is 2.60 bits per heavy atom. The van der Waals surface area contributed by atoms with Crippen LogP contribution in [0.5, 0.6) is 5.75 Å². The molecule has 0 saturated carbocycles. The van der Waals surface area contributed by atoms with Gasteiger partial charge in [-0.2, -0.15) is 10.5 Å². The zero-order chi connectivity index (χ0) is 21.5. The Morgan fingerprint density at radius 1 is 1.20 bits per heavy atom. The van der Waals surface area contributed by atoms with Crippen LogP contribution in [-0.2, 0) is 17.6 Å². The largest absolute Gasteiger partial charge is 0.496 e. The molecule has 3 aliphatic rings. The number of aryl methyl sites for hydroxylation is 1. The van der Waals surface area contributed by atoms with Crippen LogP contribution in [0, 0.1) is 22.7 Å². The molecule has 0 saturated heterocycles. The zero-order valence-electron chi connectivity index (χ0n) is 18.1. The van der Waals surface area contributed by atoms with Gasteiger partial charge in [0.1, 0.15) is 23.0 Å². The molecule has 0 amide bonds. The van der Waals surface area contributed by atoms with Crippen LogP contribution in [0.1, 0.15) is 50.3 Å². The number of ether oxygens (including phenoxy) is 2. The smallest absolute Gasteiger partial charge is 0.152 e. The first-order valence-corrected chi connectivity index (χ1v) is 10.5. The van der Waals surface area contributed by atoms with Gasteiger partial charge in [0, 0.05) is 35.5 Å². The summed E-state index contributed by atoms with van der Waals surface area (Å²) in [6.07, 6.45) is 8.41. The summed E-state index contributed by atoms with van der Waals surface area (Å²) >= 11 is 0. The average Bonchev–Trinajstić information content (AvgIpc) is 3.01. The van der Waals surface area contributed by atoms with Crippen molar-refractivity contribution in [2.24, 2.45) is 0 Å². The van der Waals surface area contributed by atoms with E-state index in [2.05, 4.69) is 23.1 Å². The Labute approximate surface area is 178 Å². The molecule has 0 bridgehead atoms. The lowest BCUT2D eigenvalue weighted by atomic mass is 9.88. The Balaban J connectivity index is 1.83. The minimum Gasteiger partial charge on any atom is -0.496 e. The van der Waals surface area contributed by atoms with E-state index in [1.165, 1.54) is 23.2 Å². The van der Waals surface area contributed by atoms with Crippen molar-refractivity contribution in [1.29, 1.82) is 10.5 Å². The molecule has 5 heteroatoms. The molecule has 1 aromatic rings. The van der Waals surface area contributed by atoms with Crippen molar-refractivity contribution >= 4 is 11.8 Å². The van der Waals surface area contributed by atoms with Crippen LogP contribution in [0.4, 0.5) is 5.69 Å². The zero-order valence-corrected chi connectivity index (χ0v) is 18.1. The summed E-state index contributed by atoms with van der Waals surface area (Å²) in [6, 6.07) is 6.58. The molecular weight excluding hydrogens is 374 g/mol. The van der Waals surface area contributed by atoms with Gasteiger partial charge >= 0.3 is 0 Å². The number of hydrogen-bond acceptors (Lipinski definition) is 5. The fourth-order valence-corrected chi connectivity index (χ4v) is 4.89. The molecule has 0 aliphatic carbocycles. The normalized spacial score (nSPS) is 21.1. The highest BCUT2D eigenvalue weighted by Gasteiger charge is 2.38. The van der Waals surface area contributed by atoms with Crippen molar-refractivity contribution in [3.8, 4) is 17.9 Å². The standard InChI is InChI=1S/C25H27N3O2/c1-16(14-26)23-20(15-27)21(25(2,3)30-23)10-9-18-13-17-7-5-11-28-12-6-8-19(22(17)28)24(18)29-4/h9-10,13H,5-8,11-12H2,1-4H3/b10-9+,23-16-. The quantitative estimate of drug-likeness (QED) is 0.678. The lowest BCUT2D eigenvalue weighted by molar-refractivity contribution is 0.0949. The highest BCUT2D eigenvalue weighted by Crippen LogP contribution is 2.44. The van der Waals surface area contributed by atoms with E-state index < -0.39 is 5.60 Å². The van der Waals surface area contributed by atoms with Crippen molar-refractivity contribution in [3.05, 3.63) is 51.3 Å². The molecule has 0 atom stereocenters. The van der Waals surface area contributed by atoms with Gasteiger partial charge in [-0.25, -0.2) is 0 Å². The summed E-state index contributed by atoms with van der Waals surface area (Å²) in [5.74, 6) is 1.31. The van der Waals surface area contributed by atoms with E-state index in [1.807, 2.05) is 26.0 Å². The highest BCUT2D eigenvalue weighted by atomic mass is 16.5. The molecule has 5 nitrogen and oxygen atoms in total. The van der Waals surface area contributed by atoms with Gasteiger partial charge in [-0.05, 0) is 58.1 Å². The number of hydrogen-bond donors (Lipinski definition) is 0. The first kappa shape index (κ1) is 20.1. The average molecular weight is 402 g/mol. The van der Waals surface area contributed by atoms with Gasteiger partial charge < -0.3 is 14.4 Å². The van der Waals surface area contributed by atoms with Crippen LogP contribution in [0.15, 0.2) is 34.6 Å². The highest BCUT2D eigenvalue weighted by molar-refractivity contribution is 5.75. The monoisotopic (exact) mass is 401 g/mol. The van der Waals surface area contributed by atoms with Crippen LogP contribution < -0.4 is 9.64 Å². The number of rotatable bonds is 3. The summed E-state index contributed by atoms with van der Waals surface area (Å²) < 4.78 is 11.9. The van der Waals surface area contributed by atoms with Crippen molar-refractivity contribution in [1.82, 2.24) is 0 Å². The maximum atomic E-state index is 9.76. The van der Waals surface area contributed by atoms with E-state index in [4.69, 9.17) is 9.47 Å². The van der Waals surface area contributed by atoms with Crippen molar-refractivity contribution < 1.29 is 9.47 Å². The van der Waals surface area contributed by atoms with Crippen molar-refractivity contribution in [3.63, 3.8) is 0 Å².